The summed E-state index contributed by atoms with van der Waals surface area (Å²) >= 11 is 0. The third-order valence-electron chi connectivity index (χ3n) is 8.94. The number of alkyl halides is 2. The van der Waals surface area contributed by atoms with Crippen molar-refractivity contribution in [1.29, 1.82) is 0 Å². The Morgan fingerprint density at radius 1 is 0.977 bits per heavy atom. The van der Waals surface area contributed by atoms with E-state index in [1.807, 2.05) is 82.3 Å². The molecule has 5 rings (SSSR count). The van der Waals surface area contributed by atoms with Gasteiger partial charge >= 0.3 is 0 Å². The van der Waals surface area contributed by atoms with E-state index < -0.39 is 35.7 Å². The smallest absolute Gasteiger partial charge is 0.248 e. The highest BCUT2D eigenvalue weighted by Gasteiger charge is 2.49. The molecule has 0 saturated heterocycles. The number of halogens is 2. The summed E-state index contributed by atoms with van der Waals surface area (Å²) in [6.07, 6.45) is 1.72. The van der Waals surface area contributed by atoms with Crippen molar-refractivity contribution in [2.45, 2.75) is 83.7 Å². The quantitative estimate of drug-likeness (QED) is 0.330. The fraction of sp³-hybridized carbons (Fsp3) is 0.429. The van der Waals surface area contributed by atoms with E-state index in [4.69, 9.17) is 0 Å². The molecule has 1 aromatic heterocycles. The molecule has 1 unspecified atom stereocenters. The average Bonchev–Trinajstić information content (AvgIpc) is 3.26. The Labute approximate surface area is 251 Å². The molecule has 4 atom stereocenters. The number of hydrogen-bond acceptors (Lipinski definition) is 4. The minimum atomic E-state index is -2.73. The molecule has 0 aliphatic heterocycles. The van der Waals surface area contributed by atoms with E-state index in [1.165, 1.54) is 4.90 Å². The Bertz CT molecular complexity index is 1510. The van der Waals surface area contributed by atoms with Crippen LogP contribution in [0.3, 0.4) is 0 Å². The van der Waals surface area contributed by atoms with Crippen LogP contribution in [0, 0.1) is 32.6 Å². The van der Waals surface area contributed by atoms with Crippen LogP contribution in [0.2, 0.25) is 0 Å². The minimum absolute atomic E-state index is 0.0410. The number of carbonyl (C=O) groups is 3. The second-order valence-electron chi connectivity index (χ2n) is 12.3. The van der Waals surface area contributed by atoms with Crippen LogP contribution in [0.15, 0.2) is 66.9 Å². The van der Waals surface area contributed by atoms with Gasteiger partial charge in [-0.2, -0.15) is 0 Å². The van der Waals surface area contributed by atoms with Gasteiger partial charge in [0.15, 0.2) is 0 Å². The van der Waals surface area contributed by atoms with Crippen LogP contribution in [0.1, 0.15) is 78.9 Å². The number of rotatable bonds is 7. The number of hydrogen-bond donors (Lipinski definition) is 1. The van der Waals surface area contributed by atoms with Crippen LogP contribution in [0.25, 0.3) is 0 Å². The normalized spacial score (nSPS) is 22.7. The van der Waals surface area contributed by atoms with Crippen LogP contribution < -0.4 is 10.2 Å². The number of pyridine rings is 1. The van der Waals surface area contributed by atoms with Gasteiger partial charge in [-0.25, -0.2) is 8.78 Å². The highest BCUT2D eigenvalue weighted by Crippen LogP contribution is 2.43. The SMILES string of the molecule is Cc1cccc(N(C(=O)[C@@H]2C[C@@H](C)C(=O)[C@H]2c2cc(C)ccn2)C(C(=O)NC2CCC(F)(F)CC2)c2ccccc2C)c1. The van der Waals surface area contributed by atoms with E-state index in [2.05, 4.69) is 10.3 Å². The van der Waals surface area contributed by atoms with Crippen molar-refractivity contribution in [3.05, 3.63) is 94.8 Å². The van der Waals surface area contributed by atoms with Gasteiger partial charge in [-0.15, -0.1) is 0 Å². The lowest BCUT2D eigenvalue weighted by atomic mass is 9.88. The number of amides is 2. The molecule has 2 aromatic carbocycles. The molecule has 0 spiro atoms. The predicted octanol–water partition coefficient (Wildman–Crippen LogP) is 6.78. The first-order valence-corrected chi connectivity index (χ1v) is 15.0. The van der Waals surface area contributed by atoms with Crippen LogP contribution in [0.5, 0.6) is 0 Å². The second-order valence-corrected chi connectivity index (χ2v) is 12.3. The molecule has 2 aliphatic carbocycles. The number of anilines is 1. The summed E-state index contributed by atoms with van der Waals surface area (Å²) in [4.78, 5) is 48.7. The number of carbonyl (C=O) groups excluding carboxylic acids is 3. The zero-order valence-electron chi connectivity index (χ0n) is 25.1. The van der Waals surface area contributed by atoms with Crippen LogP contribution in [-0.4, -0.2) is 34.5 Å². The summed E-state index contributed by atoms with van der Waals surface area (Å²) in [5.41, 5.74) is 4.38. The first kappa shape index (κ1) is 30.5. The molecule has 1 N–H and O–H groups in total. The Kier molecular flexibility index (Phi) is 8.76. The Hall–Kier alpha value is -3.94. The van der Waals surface area contributed by atoms with Crippen molar-refractivity contribution < 1.29 is 23.2 Å². The second kappa shape index (κ2) is 12.3. The molecule has 43 heavy (non-hydrogen) atoms. The van der Waals surface area contributed by atoms with E-state index in [-0.39, 0.29) is 43.3 Å². The van der Waals surface area contributed by atoms with Gasteiger partial charge in [0.2, 0.25) is 17.7 Å². The van der Waals surface area contributed by atoms with Gasteiger partial charge in [0.05, 0.1) is 17.5 Å². The minimum Gasteiger partial charge on any atom is -0.351 e. The maximum Gasteiger partial charge on any atom is 0.248 e. The fourth-order valence-corrected chi connectivity index (χ4v) is 6.58. The van der Waals surface area contributed by atoms with E-state index >= 15 is 0 Å². The van der Waals surface area contributed by atoms with Gasteiger partial charge < -0.3 is 5.32 Å². The van der Waals surface area contributed by atoms with Crippen LogP contribution in [-0.2, 0) is 14.4 Å². The largest absolute Gasteiger partial charge is 0.351 e. The van der Waals surface area contributed by atoms with Crippen molar-refractivity contribution in [2.24, 2.45) is 11.8 Å². The van der Waals surface area contributed by atoms with Gasteiger partial charge in [0.1, 0.15) is 11.8 Å². The Balaban J connectivity index is 1.60. The summed E-state index contributed by atoms with van der Waals surface area (Å²) < 4.78 is 27.8. The lowest BCUT2D eigenvalue weighted by Crippen LogP contribution is -2.50. The maximum atomic E-state index is 14.9. The molecule has 2 fully saturated rings. The number of benzene rings is 2. The van der Waals surface area contributed by atoms with Crippen molar-refractivity contribution in [1.82, 2.24) is 10.3 Å². The molecule has 2 aliphatic rings. The van der Waals surface area contributed by atoms with Gasteiger partial charge in [0, 0.05) is 36.7 Å². The third-order valence-corrected chi connectivity index (χ3v) is 8.94. The molecule has 0 bridgehead atoms. The molecule has 8 heteroatoms. The summed E-state index contributed by atoms with van der Waals surface area (Å²) in [7, 11) is 0. The Morgan fingerprint density at radius 2 is 1.67 bits per heavy atom. The molecule has 1 heterocycles. The van der Waals surface area contributed by atoms with Gasteiger partial charge in [0.25, 0.3) is 0 Å². The van der Waals surface area contributed by atoms with E-state index in [0.717, 1.165) is 16.7 Å². The molecule has 6 nitrogen and oxygen atoms in total. The standard InChI is InChI=1S/C35H39F2N3O3/c1-21-8-7-10-26(18-21)40(34(43)28-20-24(4)32(41)30(28)29-19-22(2)14-17-38-29)31(27-11-6-5-9-23(27)3)33(42)39-25-12-15-35(36,37)16-13-25/h5-11,14,17-19,24-25,28,30-31H,12-13,15-16,20H2,1-4H3,(H,39,42)/t24-,28-,30-,31?/m1/s1. The summed E-state index contributed by atoms with van der Waals surface area (Å²) in [6, 6.07) is 17.0. The Morgan fingerprint density at radius 3 is 2.35 bits per heavy atom. The maximum absolute atomic E-state index is 14.9. The highest BCUT2D eigenvalue weighted by atomic mass is 19.3. The van der Waals surface area contributed by atoms with E-state index in [0.29, 0.717) is 23.4 Å². The van der Waals surface area contributed by atoms with Crippen LogP contribution >= 0.6 is 0 Å². The monoisotopic (exact) mass is 587 g/mol. The number of Topliss-reactive ketones (excluding diaryl/α,β-unsaturated/α-hetero) is 1. The molecule has 0 radical (unpaired) electrons. The molecule has 2 amide bonds. The highest BCUT2D eigenvalue weighted by molar-refractivity contribution is 6.06. The van der Waals surface area contributed by atoms with Crippen molar-refractivity contribution >= 4 is 23.3 Å². The van der Waals surface area contributed by atoms with E-state index in [1.54, 1.807) is 12.3 Å². The number of aromatic nitrogens is 1. The topological polar surface area (TPSA) is 79.4 Å². The predicted molar refractivity (Wildman–Crippen MR) is 162 cm³/mol. The molecule has 3 aromatic rings. The number of ketones is 1. The zero-order chi connectivity index (χ0) is 30.9. The van der Waals surface area contributed by atoms with Crippen molar-refractivity contribution in [3.8, 4) is 0 Å². The van der Waals surface area contributed by atoms with Gasteiger partial charge in [-0.1, -0.05) is 43.3 Å². The summed E-state index contributed by atoms with van der Waals surface area (Å²) in [5.74, 6) is -5.36. The first-order chi connectivity index (χ1) is 20.4. The number of nitrogens with one attached hydrogen (secondary N) is 1. The van der Waals surface area contributed by atoms with Crippen molar-refractivity contribution in [2.75, 3.05) is 4.90 Å². The summed E-state index contributed by atoms with van der Waals surface area (Å²) in [6.45, 7) is 7.55. The molecular weight excluding hydrogens is 548 g/mol. The fourth-order valence-electron chi connectivity index (χ4n) is 6.58. The van der Waals surface area contributed by atoms with Gasteiger partial charge in [-0.3, -0.25) is 24.3 Å². The lowest BCUT2D eigenvalue weighted by molar-refractivity contribution is -0.130. The average molecular weight is 588 g/mol. The third kappa shape index (κ3) is 6.53. The lowest BCUT2D eigenvalue weighted by Gasteiger charge is -2.37. The first-order valence-electron chi connectivity index (χ1n) is 15.0. The van der Waals surface area contributed by atoms with Gasteiger partial charge in [-0.05, 0) is 86.6 Å². The number of aryl methyl sites for hydroxylation is 3. The van der Waals surface area contributed by atoms with Crippen LogP contribution in [0.4, 0.5) is 14.5 Å². The van der Waals surface area contributed by atoms with E-state index in [9.17, 15) is 23.2 Å². The van der Waals surface area contributed by atoms with Crippen molar-refractivity contribution in [3.63, 3.8) is 0 Å². The molecule has 226 valence electrons. The molecule has 2 saturated carbocycles. The number of nitrogens with zero attached hydrogens (tertiary/aromatic N) is 2. The zero-order valence-corrected chi connectivity index (χ0v) is 25.1. The molecular formula is C35H39F2N3O3. The summed E-state index contributed by atoms with van der Waals surface area (Å²) in [5, 5.41) is 3.02.